The maximum Gasteiger partial charge on any atom is 0.257 e. The number of carbonyl (C=O) groups is 1. The number of pyridine rings is 1. The van der Waals surface area contributed by atoms with E-state index in [0.29, 0.717) is 11.3 Å². The van der Waals surface area contributed by atoms with Gasteiger partial charge in [0.05, 0.1) is 11.3 Å². The summed E-state index contributed by atoms with van der Waals surface area (Å²) < 4.78 is 0.950. The molecule has 4 nitrogen and oxygen atoms in total. The Morgan fingerprint density at radius 3 is 2.78 bits per heavy atom. The molecule has 0 aliphatic carbocycles. The zero-order valence-corrected chi connectivity index (χ0v) is 11.4. The third-order valence-electron chi connectivity index (χ3n) is 2.45. The fourth-order valence-electron chi connectivity index (χ4n) is 1.46. The van der Waals surface area contributed by atoms with Crippen molar-refractivity contribution in [3.63, 3.8) is 0 Å². The molecule has 0 saturated carbocycles. The van der Waals surface area contributed by atoms with Crippen LogP contribution in [-0.4, -0.2) is 10.9 Å². The first-order valence-electron chi connectivity index (χ1n) is 5.34. The van der Waals surface area contributed by atoms with E-state index >= 15 is 0 Å². The molecule has 0 fully saturated rings. The Balaban J connectivity index is 2.18. The van der Waals surface area contributed by atoms with Crippen molar-refractivity contribution in [2.45, 2.75) is 6.92 Å². The van der Waals surface area contributed by atoms with Crippen LogP contribution in [0, 0.1) is 6.92 Å². The first-order valence-corrected chi connectivity index (χ1v) is 6.13. The molecule has 1 amide bonds. The summed E-state index contributed by atoms with van der Waals surface area (Å²) in [5, 5.41) is 2.79. The van der Waals surface area contributed by atoms with Crippen molar-refractivity contribution in [2.75, 3.05) is 11.1 Å². The van der Waals surface area contributed by atoms with Gasteiger partial charge in [0, 0.05) is 22.6 Å². The fourth-order valence-corrected chi connectivity index (χ4v) is 1.83. The minimum atomic E-state index is -0.231. The van der Waals surface area contributed by atoms with Crippen LogP contribution in [0.3, 0.4) is 0 Å². The average molecular weight is 306 g/mol. The number of nitrogens with two attached hydrogens (primary N) is 1. The molecule has 0 bridgehead atoms. The maximum atomic E-state index is 11.9. The van der Waals surface area contributed by atoms with Crippen molar-refractivity contribution in [1.82, 2.24) is 4.98 Å². The summed E-state index contributed by atoms with van der Waals surface area (Å²) >= 11 is 3.42. The molecule has 18 heavy (non-hydrogen) atoms. The van der Waals surface area contributed by atoms with E-state index in [1.807, 2.05) is 25.1 Å². The third kappa shape index (κ3) is 2.87. The van der Waals surface area contributed by atoms with E-state index in [1.54, 1.807) is 6.07 Å². The van der Waals surface area contributed by atoms with Crippen molar-refractivity contribution in [1.29, 1.82) is 0 Å². The van der Waals surface area contributed by atoms with Crippen molar-refractivity contribution in [3.05, 3.63) is 52.3 Å². The molecule has 1 aromatic carbocycles. The minimum Gasteiger partial charge on any atom is -0.397 e. The summed E-state index contributed by atoms with van der Waals surface area (Å²) in [6, 6.07) is 7.22. The Morgan fingerprint density at radius 1 is 1.33 bits per heavy atom. The second kappa shape index (κ2) is 5.18. The highest BCUT2D eigenvalue weighted by Gasteiger charge is 2.07. The van der Waals surface area contributed by atoms with Gasteiger partial charge in [0.1, 0.15) is 0 Å². The Hall–Kier alpha value is -1.88. The first-order chi connectivity index (χ1) is 8.56. The second-order valence-corrected chi connectivity index (χ2v) is 4.78. The summed E-state index contributed by atoms with van der Waals surface area (Å²) in [6.07, 6.45) is 2.98. The van der Waals surface area contributed by atoms with E-state index in [9.17, 15) is 4.79 Å². The molecule has 0 unspecified atom stereocenters. The zero-order chi connectivity index (χ0) is 13.1. The van der Waals surface area contributed by atoms with Gasteiger partial charge in [0.25, 0.3) is 5.91 Å². The van der Waals surface area contributed by atoms with Crippen molar-refractivity contribution < 1.29 is 4.79 Å². The number of rotatable bonds is 2. The van der Waals surface area contributed by atoms with Gasteiger partial charge in [-0.25, -0.2) is 0 Å². The molecule has 1 aromatic heterocycles. The van der Waals surface area contributed by atoms with Crippen LogP contribution in [0.15, 0.2) is 41.1 Å². The average Bonchev–Trinajstić information content (AvgIpc) is 2.34. The first kappa shape index (κ1) is 12.6. The Bertz CT molecular complexity index is 599. The molecule has 3 N–H and O–H groups in total. The van der Waals surface area contributed by atoms with Crippen molar-refractivity contribution in [3.8, 4) is 0 Å². The van der Waals surface area contributed by atoms with Crippen LogP contribution in [0.4, 0.5) is 11.4 Å². The summed E-state index contributed by atoms with van der Waals surface area (Å²) in [5.74, 6) is -0.231. The lowest BCUT2D eigenvalue weighted by molar-refractivity contribution is 0.102. The van der Waals surface area contributed by atoms with Crippen LogP contribution in [0.1, 0.15) is 15.9 Å². The SMILES string of the molecule is Cc1ccc(NC(=O)c2cncc(N)c2)cc1Br. The van der Waals surface area contributed by atoms with E-state index in [-0.39, 0.29) is 5.91 Å². The van der Waals surface area contributed by atoms with E-state index in [2.05, 4.69) is 26.2 Å². The highest BCUT2D eigenvalue weighted by atomic mass is 79.9. The molecular formula is C13H12BrN3O. The largest absolute Gasteiger partial charge is 0.397 e. The van der Waals surface area contributed by atoms with Gasteiger partial charge in [0.2, 0.25) is 0 Å². The number of aryl methyl sites for hydroxylation is 1. The molecule has 0 aliphatic rings. The standard InChI is InChI=1S/C13H12BrN3O/c1-8-2-3-11(5-12(8)14)17-13(18)9-4-10(15)7-16-6-9/h2-7H,15H2,1H3,(H,17,18). The molecule has 0 spiro atoms. The molecule has 1 heterocycles. The lowest BCUT2D eigenvalue weighted by atomic mass is 10.2. The molecule has 92 valence electrons. The van der Waals surface area contributed by atoms with Gasteiger partial charge in [-0.15, -0.1) is 0 Å². The number of nitrogens with one attached hydrogen (secondary N) is 1. The van der Waals surface area contributed by atoms with Crippen LogP contribution < -0.4 is 11.1 Å². The van der Waals surface area contributed by atoms with Gasteiger partial charge in [-0.3, -0.25) is 9.78 Å². The van der Waals surface area contributed by atoms with Gasteiger partial charge < -0.3 is 11.1 Å². The molecule has 0 saturated heterocycles. The molecule has 0 aliphatic heterocycles. The van der Waals surface area contributed by atoms with Crippen molar-refractivity contribution in [2.24, 2.45) is 0 Å². The van der Waals surface area contributed by atoms with Crippen LogP contribution in [0.25, 0.3) is 0 Å². The van der Waals surface area contributed by atoms with E-state index in [0.717, 1.165) is 15.7 Å². The number of benzene rings is 1. The number of anilines is 2. The topological polar surface area (TPSA) is 68.0 Å². The maximum absolute atomic E-state index is 11.9. The lowest BCUT2D eigenvalue weighted by Gasteiger charge is -2.07. The molecule has 2 rings (SSSR count). The third-order valence-corrected chi connectivity index (χ3v) is 3.31. The molecule has 0 radical (unpaired) electrons. The fraction of sp³-hybridized carbons (Fsp3) is 0.0769. The number of aromatic nitrogens is 1. The van der Waals surface area contributed by atoms with Crippen LogP contribution in [0.5, 0.6) is 0 Å². The molecule has 2 aromatic rings. The molecular weight excluding hydrogens is 294 g/mol. The highest BCUT2D eigenvalue weighted by Crippen LogP contribution is 2.21. The number of nitrogens with zero attached hydrogens (tertiary/aromatic N) is 1. The van der Waals surface area contributed by atoms with Gasteiger partial charge in [-0.05, 0) is 30.7 Å². The second-order valence-electron chi connectivity index (χ2n) is 3.93. The minimum absolute atomic E-state index is 0.231. The number of carbonyl (C=O) groups excluding carboxylic acids is 1. The van der Waals surface area contributed by atoms with E-state index in [4.69, 9.17) is 5.73 Å². The molecule has 0 atom stereocenters. The molecule has 5 heteroatoms. The van der Waals surface area contributed by atoms with Crippen LogP contribution >= 0.6 is 15.9 Å². The summed E-state index contributed by atoms with van der Waals surface area (Å²) in [6.45, 7) is 1.98. The Labute approximate surface area is 113 Å². The number of hydrogen-bond acceptors (Lipinski definition) is 3. The predicted octanol–water partition coefficient (Wildman–Crippen LogP) is 2.99. The highest BCUT2D eigenvalue weighted by molar-refractivity contribution is 9.10. The summed E-state index contributed by atoms with van der Waals surface area (Å²) in [4.78, 5) is 15.8. The van der Waals surface area contributed by atoms with E-state index in [1.165, 1.54) is 12.4 Å². The smallest absolute Gasteiger partial charge is 0.257 e. The number of nitrogen functional groups attached to an aromatic ring is 1. The number of amides is 1. The lowest BCUT2D eigenvalue weighted by Crippen LogP contribution is -2.12. The monoisotopic (exact) mass is 305 g/mol. The number of hydrogen-bond donors (Lipinski definition) is 2. The van der Waals surface area contributed by atoms with E-state index < -0.39 is 0 Å². The summed E-state index contributed by atoms with van der Waals surface area (Å²) in [7, 11) is 0. The van der Waals surface area contributed by atoms with Gasteiger partial charge >= 0.3 is 0 Å². The van der Waals surface area contributed by atoms with Gasteiger partial charge in [-0.1, -0.05) is 22.0 Å². The number of halogens is 1. The van der Waals surface area contributed by atoms with Crippen LogP contribution in [0.2, 0.25) is 0 Å². The van der Waals surface area contributed by atoms with Gasteiger partial charge in [-0.2, -0.15) is 0 Å². The quantitative estimate of drug-likeness (QED) is 0.896. The van der Waals surface area contributed by atoms with Crippen molar-refractivity contribution >= 4 is 33.2 Å². The summed E-state index contributed by atoms with van der Waals surface area (Å²) in [5.41, 5.74) is 8.32. The van der Waals surface area contributed by atoms with Crippen LogP contribution in [-0.2, 0) is 0 Å². The Morgan fingerprint density at radius 2 is 2.11 bits per heavy atom. The van der Waals surface area contributed by atoms with Gasteiger partial charge in [0.15, 0.2) is 0 Å². The predicted molar refractivity (Wildman–Crippen MR) is 75.5 cm³/mol. The Kier molecular flexibility index (Phi) is 3.62. The normalized spacial score (nSPS) is 10.1. The zero-order valence-electron chi connectivity index (χ0n) is 9.77.